The van der Waals surface area contributed by atoms with E-state index in [1.807, 2.05) is 49.4 Å². The van der Waals surface area contributed by atoms with Gasteiger partial charge in [0.2, 0.25) is 0 Å². The Labute approximate surface area is 145 Å². The number of para-hydroxylation sites is 1. The van der Waals surface area contributed by atoms with Crippen LogP contribution in [0.4, 0.5) is 5.69 Å². The minimum atomic E-state index is -0.658. The minimum Gasteiger partial charge on any atom is -0.468 e. The highest BCUT2D eigenvalue weighted by Gasteiger charge is 2.19. The zero-order valence-electron chi connectivity index (χ0n) is 14.1. The summed E-state index contributed by atoms with van der Waals surface area (Å²) in [5.74, 6) is -0.0164. The summed E-state index contributed by atoms with van der Waals surface area (Å²) in [5.41, 5.74) is 15.3. The summed E-state index contributed by atoms with van der Waals surface area (Å²) >= 11 is 0. The Morgan fingerprint density at radius 3 is 2.68 bits per heavy atom. The molecular formula is C19H19N3O3. The zero-order valence-corrected chi connectivity index (χ0v) is 14.1. The number of nitrogens with two attached hydrogens (primary N) is 2. The lowest BCUT2D eigenvalue weighted by Gasteiger charge is -2.16. The second-order valence-electron chi connectivity index (χ2n) is 5.66. The van der Waals surface area contributed by atoms with Crippen molar-refractivity contribution in [2.75, 3.05) is 19.6 Å². The Morgan fingerprint density at radius 2 is 1.96 bits per heavy atom. The molecule has 0 unspecified atom stereocenters. The Balaban J connectivity index is 2.31. The summed E-state index contributed by atoms with van der Waals surface area (Å²) in [6.07, 6.45) is 0. The molecule has 0 aliphatic rings. The molecule has 0 aliphatic heterocycles. The number of nitrogen functional groups attached to an aromatic ring is 1. The molecule has 4 N–H and O–H groups in total. The van der Waals surface area contributed by atoms with E-state index < -0.39 is 5.91 Å². The van der Waals surface area contributed by atoms with Crippen LogP contribution in [0, 0.1) is 6.92 Å². The van der Waals surface area contributed by atoms with E-state index in [0.717, 1.165) is 22.1 Å². The first-order valence-electron chi connectivity index (χ1n) is 7.73. The van der Waals surface area contributed by atoms with E-state index >= 15 is 0 Å². The van der Waals surface area contributed by atoms with Crippen LogP contribution in [-0.4, -0.2) is 24.8 Å². The molecule has 0 aliphatic carbocycles. The number of primary amides is 1. The van der Waals surface area contributed by atoms with Crippen molar-refractivity contribution in [2.24, 2.45) is 5.73 Å². The molecule has 1 heterocycles. The highest BCUT2D eigenvalue weighted by atomic mass is 16.7. The number of hydrogen-bond donors (Lipinski definition) is 2. The lowest BCUT2D eigenvalue weighted by molar-refractivity contribution is 0.0511. The van der Waals surface area contributed by atoms with Crippen molar-refractivity contribution in [1.29, 1.82) is 0 Å². The zero-order chi connectivity index (χ0) is 18.0. The number of carbonyl (C=O) groups excluding carboxylic acids is 1. The number of amides is 1. The van der Waals surface area contributed by atoms with Gasteiger partial charge in [-0.2, -0.15) is 0 Å². The molecule has 0 spiro atoms. The van der Waals surface area contributed by atoms with Gasteiger partial charge in [-0.25, -0.2) is 4.98 Å². The minimum absolute atomic E-state index is 0.0660. The number of aromatic nitrogens is 1. The maximum atomic E-state index is 11.8. The second kappa shape index (κ2) is 6.78. The third-order valence-electron chi connectivity index (χ3n) is 3.99. The molecule has 6 nitrogen and oxygen atoms in total. The summed E-state index contributed by atoms with van der Waals surface area (Å²) in [4.78, 5) is 16.1. The van der Waals surface area contributed by atoms with Gasteiger partial charge in [-0.05, 0) is 36.2 Å². The number of methoxy groups -OCH3 is 1. The van der Waals surface area contributed by atoms with Crippen LogP contribution in [-0.2, 0) is 4.74 Å². The number of pyridine rings is 1. The molecule has 25 heavy (non-hydrogen) atoms. The number of benzene rings is 2. The fraction of sp³-hybridized carbons (Fsp3) is 0.158. The van der Waals surface area contributed by atoms with Gasteiger partial charge in [0.15, 0.2) is 12.5 Å². The molecule has 0 atom stereocenters. The molecule has 0 saturated carbocycles. The van der Waals surface area contributed by atoms with Gasteiger partial charge < -0.3 is 20.9 Å². The molecule has 6 heteroatoms. The number of hydrogen-bond acceptors (Lipinski definition) is 5. The predicted molar refractivity (Wildman–Crippen MR) is 97.4 cm³/mol. The standard InChI is InChI=1S/C19H19N3O3/c1-11-7-8-12(25-10-24-2)9-14(11)16-13-5-3-4-6-15(13)22-18(17(16)20)19(21)23/h3-9H,10,20H2,1-2H3,(H2,21,23). The van der Waals surface area contributed by atoms with Crippen molar-refractivity contribution < 1.29 is 14.3 Å². The lowest BCUT2D eigenvalue weighted by Crippen LogP contribution is -2.16. The van der Waals surface area contributed by atoms with E-state index in [1.165, 1.54) is 0 Å². The smallest absolute Gasteiger partial charge is 0.269 e. The van der Waals surface area contributed by atoms with Crippen molar-refractivity contribution in [2.45, 2.75) is 6.92 Å². The Kier molecular flexibility index (Phi) is 4.54. The van der Waals surface area contributed by atoms with Gasteiger partial charge in [0.25, 0.3) is 5.91 Å². The van der Waals surface area contributed by atoms with Gasteiger partial charge in [-0.1, -0.05) is 24.3 Å². The number of nitrogens with zero attached hydrogens (tertiary/aromatic N) is 1. The van der Waals surface area contributed by atoms with E-state index in [1.54, 1.807) is 7.11 Å². The van der Waals surface area contributed by atoms with Gasteiger partial charge in [0, 0.05) is 18.1 Å². The first kappa shape index (κ1) is 16.7. The van der Waals surface area contributed by atoms with Crippen LogP contribution in [0.3, 0.4) is 0 Å². The van der Waals surface area contributed by atoms with Crippen molar-refractivity contribution in [3.05, 3.63) is 53.7 Å². The van der Waals surface area contributed by atoms with Crippen LogP contribution < -0.4 is 16.2 Å². The highest BCUT2D eigenvalue weighted by Crippen LogP contribution is 2.38. The van der Waals surface area contributed by atoms with Crippen LogP contribution >= 0.6 is 0 Å². The fourth-order valence-electron chi connectivity index (χ4n) is 2.79. The van der Waals surface area contributed by atoms with E-state index in [2.05, 4.69) is 4.98 Å². The summed E-state index contributed by atoms with van der Waals surface area (Å²) in [6.45, 7) is 2.11. The predicted octanol–water partition coefficient (Wildman–Crippen LogP) is 2.87. The Hall–Kier alpha value is -3.12. The van der Waals surface area contributed by atoms with Gasteiger partial charge in [0.05, 0.1) is 11.2 Å². The van der Waals surface area contributed by atoms with Crippen LogP contribution in [0.2, 0.25) is 0 Å². The number of rotatable bonds is 5. The quantitative estimate of drug-likeness (QED) is 0.697. The maximum absolute atomic E-state index is 11.8. The summed E-state index contributed by atoms with van der Waals surface area (Å²) in [6, 6.07) is 13.2. The van der Waals surface area contributed by atoms with Crippen LogP contribution in [0.1, 0.15) is 16.1 Å². The summed E-state index contributed by atoms with van der Waals surface area (Å²) < 4.78 is 10.5. The van der Waals surface area contributed by atoms with Crippen molar-refractivity contribution >= 4 is 22.5 Å². The molecule has 0 fully saturated rings. The fourth-order valence-corrected chi connectivity index (χ4v) is 2.79. The van der Waals surface area contributed by atoms with Crippen molar-refractivity contribution in [1.82, 2.24) is 4.98 Å². The van der Waals surface area contributed by atoms with Gasteiger partial charge in [-0.15, -0.1) is 0 Å². The number of fused-ring (bicyclic) bond motifs is 1. The summed E-state index contributed by atoms with van der Waals surface area (Å²) in [5, 5.41) is 0.844. The highest BCUT2D eigenvalue weighted by molar-refractivity contribution is 6.08. The third kappa shape index (κ3) is 3.12. The average molecular weight is 337 g/mol. The lowest BCUT2D eigenvalue weighted by atomic mass is 9.94. The second-order valence-corrected chi connectivity index (χ2v) is 5.66. The number of carbonyl (C=O) groups is 1. The number of ether oxygens (including phenoxy) is 2. The Bertz CT molecular complexity index is 954. The van der Waals surface area contributed by atoms with Gasteiger partial charge >= 0.3 is 0 Å². The third-order valence-corrected chi connectivity index (χ3v) is 3.99. The largest absolute Gasteiger partial charge is 0.468 e. The normalized spacial score (nSPS) is 10.8. The molecule has 3 aromatic rings. The van der Waals surface area contributed by atoms with Crippen LogP contribution in [0.15, 0.2) is 42.5 Å². The molecule has 0 bridgehead atoms. The first-order chi connectivity index (χ1) is 12.0. The SMILES string of the molecule is COCOc1ccc(C)c(-c2c(N)c(C(N)=O)nc3ccccc23)c1. The van der Waals surface area contributed by atoms with Crippen LogP contribution in [0.25, 0.3) is 22.0 Å². The molecule has 3 rings (SSSR count). The van der Waals surface area contributed by atoms with Crippen molar-refractivity contribution in [3.63, 3.8) is 0 Å². The van der Waals surface area contributed by atoms with Gasteiger partial charge in [-0.3, -0.25) is 4.79 Å². The molecule has 1 amide bonds. The number of anilines is 1. The first-order valence-corrected chi connectivity index (χ1v) is 7.73. The van der Waals surface area contributed by atoms with E-state index in [4.69, 9.17) is 20.9 Å². The van der Waals surface area contributed by atoms with E-state index in [0.29, 0.717) is 11.3 Å². The van der Waals surface area contributed by atoms with E-state index in [9.17, 15) is 4.79 Å². The molecular weight excluding hydrogens is 318 g/mol. The molecule has 0 saturated heterocycles. The molecule has 2 aromatic carbocycles. The molecule has 1 aromatic heterocycles. The van der Waals surface area contributed by atoms with Crippen molar-refractivity contribution in [3.8, 4) is 16.9 Å². The van der Waals surface area contributed by atoms with E-state index in [-0.39, 0.29) is 18.2 Å². The number of aryl methyl sites for hydroxylation is 1. The molecule has 0 radical (unpaired) electrons. The topological polar surface area (TPSA) is 100 Å². The monoisotopic (exact) mass is 337 g/mol. The average Bonchev–Trinajstić information content (AvgIpc) is 2.61. The van der Waals surface area contributed by atoms with Crippen LogP contribution in [0.5, 0.6) is 5.75 Å². The van der Waals surface area contributed by atoms with Gasteiger partial charge in [0.1, 0.15) is 5.75 Å². The Morgan fingerprint density at radius 1 is 1.20 bits per heavy atom. The summed E-state index contributed by atoms with van der Waals surface area (Å²) in [7, 11) is 1.56. The molecule has 128 valence electrons. The maximum Gasteiger partial charge on any atom is 0.269 e.